The van der Waals surface area contributed by atoms with Crippen molar-refractivity contribution in [3.8, 4) is 11.5 Å². The minimum Gasteiger partial charge on any atom is -0.493 e. The van der Waals surface area contributed by atoms with Crippen molar-refractivity contribution < 1.29 is 23.4 Å². The van der Waals surface area contributed by atoms with Crippen molar-refractivity contribution in [1.82, 2.24) is 4.57 Å². The molecule has 1 aliphatic rings. The van der Waals surface area contributed by atoms with Crippen LogP contribution in [0.5, 0.6) is 11.5 Å². The number of esters is 1. The van der Waals surface area contributed by atoms with E-state index in [-0.39, 0.29) is 20.7 Å². The van der Waals surface area contributed by atoms with Gasteiger partial charge >= 0.3 is 5.97 Å². The molecule has 0 fully saturated rings. The molecule has 0 saturated carbocycles. The second-order valence-corrected chi connectivity index (χ2v) is 10.1. The van der Waals surface area contributed by atoms with Gasteiger partial charge in [0.2, 0.25) is 0 Å². The Hall–Kier alpha value is -3.43. The highest BCUT2D eigenvalue weighted by molar-refractivity contribution is 7.07. The lowest BCUT2D eigenvalue weighted by Crippen LogP contribution is -2.39. The molecule has 0 N–H and O–H groups in total. The smallest absolute Gasteiger partial charge is 0.338 e. The number of nitrogens with zero attached hydrogens (tertiary/aromatic N) is 2. The molecule has 200 valence electrons. The molecule has 1 atom stereocenters. The Morgan fingerprint density at radius 3 is 2.68 bits per heavy atom. The normalized spacial score (nSPS) is 15.2. The van der Waals surface area contributed by atoms with Crippen LogP contribution in [0.3, 0.4) is 0 Å². The molecular weight excluding hydrogens is 531 g/mol. The summed E-state index contributed by atoms with van der Waals surface area (Å²) in [5.74, 6) is -0.125. The summed E-state index contributed by atoms with van der Waals surface area (Å²) in [7, 11) is 2.81. The van der Waals surface area contributed by atoms with E-state index < -0.39 is 23.4 Å². The van der Waals surface area contributed by atoms with E-state index in [0.29, 0.717) is 34.2 Å². The fraction of sp³-hybridized carbons (Fsp3) is 0.321. The molecule has 1 aromatic heterocycles. The van der Waals surface area contributed by atoms with E-state index in [0.717, 1.165) is 30.6 Å². The van der Waals surface area contributed by atoms with Gasteiger partial charge in [-0.05, 0) is 49.2 Å². The van der Waals surface area contributed by atoms with Crippen molar-refractivity contribution >= 4 is 35.0 Å². The van der Waals surface area contributed by atoms with Crippen LogP contribution in [0, 0.1) is 5.82 Å². The first-order valence-corrected chi connectivity index (χ1v) is 13.4. The van der Waals surface area contributed by atoms with Crippen molar-refractivity contribution in [2.24, 2.45) is 4.99 Å². The van der Waals surface area contributed by atoms with Crippen LogP contribution in [0.25, 0.3) is 6.08 Å². The first-order chi connectivity index (χ1) is 18.3. The van der Waals surface area contributed by atoms with Gasteiger partial charge in [-0.3, -0.25) is 9.36 Å². The van der Waals surface area contributed by atoms with Gasteiger partial charge in [0, 0.05) is 5.56 Å². The number of ether oxygens (including phenoxy) is 3. The van der Waals surface area contributed by atoms with Crippen molar-refractivity contribution in [1.29, 1.82) is 0 Å². The molecule has 1 unspecified atom stereocenters. The fourth-order valence-electron chi connectivity index (χ4n) is 4.30. The average molecular weight is 559 g/mol. The van der Waals surface area contributed by atoms with Gasteiger partial charge in [0.05, 0.1) is 47.7 Å². The van der Waals surface area contributed by atoms with Crippen LogP contribution in [0.4, 0.5) is 4.39 Å². The van der Waals surface area contributed by atoms with E-state index in [4.69, 9.17) is 25.8 Å². The molecule has 38 heavy (non-hydrogen) atoms. The average Bonchev–Trinajstić information content (AvgIpc) is 3.21. The Kier molecular flexibility index (Phi) is 8.69. The number of fused-ring (bicyclic) bond motifs is 1. The zero-order chi connectivity index (χ0) is 27.4. The Labute approximate surface area is 228 Å². The summed E-state index contributed by atoms with van der Waals surface area (Å²) in [6.07, 6.45) is 4.46. The Morgan fingerprint density at radius 1 is 1.21 bits per heavy atom. The van der Waals surface area contributed by atoms with Crippen LogP contribution in [-0.2, 0) is 9.53 Å². The summed E-state index contributed by atoms with van der Waals surface area (Å²) in [5, 5.41) is 0.179. The van der Waals surface area contributed by atoms with Gasteiger partial charge in [0.15, 0.2) is 16.3 Å². The zero-order valence-corrected chi connectivity index (χ0v) is 23.1. The highest BCUT2D eigenvalue weighted by Crippen LogP contribution is 2.36. The van der Waals surface area contributed by atoms with Crippen molar-refractivity contribution in [2.45, 2.75) is 39.2 Å². The third-order valence-corrected chi connectivity index (χ3v) is 7.52. The molecule has 0 aliphatic carbocycles. The lowest BCUT2D eigenvalue weighted by molar-refractivity contribution is -0.136. The number of rotatable bonds is 9. The van der Waals surface area contributed by atoms with Gasteiger partial charge in [-0.2, -0.15) is 0 Å². The summed E-state index contributed by atoms with van der Waals surface area (Å²) in [6, 6.07) is 8.76. The van der Waals surface area contributed by atoms with Crippen LogP contribution in [0.2, 0.25) is 5.02 Å². The van der Waals surface area contributed by atoms with Gasteiger partial charge in [-0.1, -0.05) is 54.8 Å². The molecule has 3 aromatic rings. The molecule has 0 amide bonds. The fourth-order valence-corrected chi connectivity index (χ4v) is 5.54. The van der Waals surface area contributed by atoms with E-state index in [1.54, 1.807) is 31.2 Å². The van der Waals surface area contributed by atoms with Crippen molar-refractivity contribution in [3.05, 3.63) is 89.3 Å². The zero-order valence-electron chi connectivity index (χ0n) is 21.5. The molecule has 0 spiro atoms. The monoisotopic (exact) mass is 558 g/mol. The highest BCUT2D eigenvalue weighted by Gasteiger charge is 2.33. The molecule has 7 nitrogen and oxygen atoms in total. The van der Waals surface area contributed by atoms with Crippen LogP contribution in [0.15, 0.2) is 57.5 Å². The Balaban J connectivity index is 1.88. The van der Waals surface area contributed by atoms with Crippen molar-refractivity contribution in [2.75, 3.05) is 20.8 Å². The maximum Gasteiger partial charge on any atom is 0.338 e. The maximum absolute atomic E-state index is 14.5. The molecule has 1 aliphatic heterocycles. The standard InChI is InChI=1S/C28H28ClFN2O5S/c1-5-6-7-13-37-21-12-11-17(14-22(21)35-3)25-24(27(34)36-4)16(2)31-28-32(25)26(33)23(38-28)15-18-19(29)9-8-10-20(18)30/h8-12,14-15,25H,5-7,13H2,1-4H3/b23-15-. The Morgan fingerprint density at radius 2 is 2.00 bits per heavy atom. The number of carbonyl (C=O) groups excluding carboxylic acids is 1. The number of halogens is 2. The number of thiazole rings is 1. The number of hydrogen-bond donors (Lipinski definition) is 0. The second kappa shape index (κ2) is 12.0. The van der Waals surface area contributed by atoms with E-state index in [9.17, 15) is 14.0 Å². The molecule has 2 aromatic carbocycles. The topological polar surface area (TPSA) is 79.1 Å². The number of benzene rings is 2. The van der Waals surface area contributed by atoms with Crippen LogP contribution in [-0.4, -0.2) is 31.4 Å². The minimum absolute atomic E-state index is 0.103. The molecule has 0 bridgehead atoms. The molecular formula is C28H28ClFN2O5S. The number of aromatic nitrogens is 1. The van der Waals surface area contributed by atoms with E-state index >= 15 is 0 Å². The number of allylic oxidation sites excluding steroid dienone is 1. The summed E-state index contributed by atoms with van der Waals surface area (Å²) in [4.78, 5) is 31.5. The third-order valence-electron chi connectivity index (χ3n) is 6.21. The molecule has 10 heteroatoms. The van der Waals surface area contributed by atoms with E-state index in [2.05, 4.69) is 11.9 Å². The lowest BCUT2D eigenvalue weighted by Gasteiger charge is -2.25. The van der Waals surface area contributed by atoms with Crippen LogP contribution < -0.4 is 24.4 Å². The van der Waals surface area contributed by atoms with Gasteiger partial charge in [-0.25, -0.2) is 14.2 Å². The molecule has 0 radical (unpaired) electrons. The molecule has 2 heterocycles. The predicted molar refractivity (Wildman–Crippen MR) is 145 cm³/mol. The van der Waals surface area contributed by atoms with Gasteiger partial charge in [0.1, 0.15) is 5.82 Å². The number of carbonyl (C=O) groups is 1. The lowest BCUT2D eigenvalue weighted by atomic mass is 9.95. The highest BCUT2D eigenvalue weighted by atomic mass is 35.5. The predicted octanol–water partition coefficient (Wildman–Crippen LogP) is 4.78. The maximum atomic E-state index is 14.5. The summed E-state index contributed by atoms with van der Waals surface area (Å²) >= 11 is 7.28. The number of unbranched alkanes of at least 4 members (excludes halogenated alkanes) is 2. The van der Waals surface area contributed by atoms with Gasteiger partial charge in [-0.15, -0.1) is 0 Å². The second-order valence-electron chi connectivity index (χ2n) is 8.67. The van der Waals surface area contributed by atoms with Crippen LogP contribution >= 0.6 is 22.9 Å². The summed E-state index contributed by atoms with van der Waals surface area (Å²) in [6.45, 7) is 4.35. The summed E-state index contributed by atoms with van der Waals surface area (Å²) in [5.41, 5.74) is 0.900. The Bertz CT molecular complexity index is 1560. The number of methoxy groups -OCH3 is 2. The van der Waals surface area contributed by atoms with E-state index in [1.807, 2.05) is 0 Å². The minimum atomic E-state index is -0.847. The quantitative estimate of drug-likeness (QED) is 0.279. The molecule has 4 rings (SSSR count). The van der Waals surface area contributed by atoms with Gasteiger partial charge in [0.25, 0.3) is 5.56 Å². The third kappa shape index (κ3) is 5.39. The summed E-state index contributed by atoms with van der Waals surface area (Å²) < 4.78 is 32.7. The van der Waals surface area contributed by atoms with Gasteiger partial charge < -0.3 is 14.2 Å². The van der Waals surface area contributed by atoms with Crippen molar-refractivity contribution in [3.63, 3.8) is 0 Å². The first kappa shape index (κ1) is 27.6. The SMILES string of the molecule is CCCCCOc1ccc(C2C(C(=O)OC)=C(C)N=c3s/c(=C\c4c(F)cccc4Cl)c(=O)n32)cc1OC. The largest absolute Gasteiger partial charge is 0.493 e. The van der Waals surface area contributed by atoms with E-state index in [1.165, 1.54) is 37.0 Å². The van der Waals surface area contributed by atoms with Crippen LogP contribution in [0.1, 0.15) is 50.3 Å². The first-order valence-electron chi connectivity index (χ1n) is 12.2. The number of hydrogen-bond acceptors (Lipinski definition) is 7. The molecule has 0 saturated heterocycles.